The van der Waals surface area contributed by atoms with Crippen LogP contribution in [0.1, 0.15) is 56.0 Å². The predicted octanol–water partition coefficient (Wildman–Crippen LogP) is 2.52. The zero-order chi connectivity index (χ0) is 23.3. The van der Waals surface area contributed by atoms with Crippen molar-refractivity contribution >= 4 is 21.9 Å². The summed E-state index contributed by atoms with van der Waals surface area (Å²) in [6.07, 6.45) is 2.28. The number of ether oxygens (including phenoxy) is 1. The molecule has 1 fully saturated rings. The highest BCUT2D eigenvalue weighted by atomic mass is 32.2. The number of nitrogens with one attached hydrogen (secondary N) is 2. The Bertz CT molecular complexity index is 994. The SMILES string of the molecule is CC(C)CC(CO)Nc1nc(CC(C)c2ccc(C3COC3)cc2)nc(NS(C)(=O)=O)n1. The van der Waals surface area contributed by atoms with E-state index < -0.39 is 10.0 Å². The van der Waals surface area contributed by atoms with Crippen molar-refractivity contribution in [1.82, 2.24) is 15.0 Å². The first-order valence-corrected chi connectivity index (χ1v) is 12.8. The smallest absolute Gasteiger partial charge is 0.241 e. The maximum atomic E-state index is 11.7. The third kappa shape index (κ3) is 7.11. The molecule has 1 saturated heterocycles. The highest BCUT2D eigenvalue weighted by Gasteiger charge is 2.21. The van der Waals surface area contributed by atoms with E-state index in [0.717, 1.165) is 31.5 Å². The Kier molecular flexibility index (Phi) is 8.02. The van der Waals surface area contributed by atoms with Gasteiger partial charge in [0.15, 0.2) is 0 Å². The number of hydrogen-bond donors (Lipinski definition) is 3. The Hall–Kier alpha value is -2.30. The van der Waals surface area contributed by atoms with Crippen LogP contribution in [-0.4, -0.2) is 60.6 Å². The molecule has 2 aromatic rings. The fourth-order valence-electron chi connectivity index (χ4n) is 3.63. The van der Waals surface area contributed by atoms with Gasteiger partial charge in [-0.15, -0.1) is 0 Å². The molecule has 32 heavy (non-hydrogen) atoms. The number of benzene rings is 1. The summed E-state index contributed by atoms with van der Waals surface area (Å²) in [5.41, 5.74) is 2.42. The monoisotopic (exact) mass is 463 g/mol. The van der Waals surface area contributed by atoms with Crippen molar-refractivity contribution < 1.29 is 18.3 Å². The van der Waals surface area contributed by atoms with Crippen molar-refractivity contribution in [3.8, 4) is 0 Å². The van der Waals surface area contributed by atoms with E-state index in [-0.39, 0.29) is 30.5 Å². The van der Waals surface area contributed by atoms with Crippen molar-refractivity contribution in [2.75, 3.05) is 36.1 Å². The second kappa shape index (κ2) is 10.5. The van der Waals surface area contributed by atoms with E-state index in [1.54, 1.807) is 0 Å². The summed E-state index contributed by atoms with van der Waals surface area (Å²) in [5.74, 6) is 1.64. The second-order valence-corrected chi connectivity index (χ2v) is 10.7. The van der Waals surface area contributed by atoms with Gasteiger partial charge >= 0.3 is 0 Å². The third-order valence-electron chi connectivity index (χ3n) is 5.37. The summed E-state index contributed by atoms with van der Waals surface area (Å²) in [6, 6.07) is 8.25. The molecule has 9 nitrogen and oxygen atoms in total. The molecule has 1 aliphatic heterocycles. The largest absolute Gasteiger partial charge is 0.394 e. The number of sulfonamides is 1. The summed E-state index contributed by atoms with van der Waals surface area (Å²) in [5, 5.41) is 12.8. The standard InChI is InChI=1S/C22H33N5O4S/c1-14(2)9-19(11-28)23-21-24-20(25-22(26-21)27-32(4,29)30)10-15(3)16-5-7-17(8-6-16)18-12-31-13-18/h5-8,14-15,18-19,28H,9-13H2,1-4H3,(H2,23,24,25,26,27). The Morgan fingerprint density at radius 2 is 1.75 bits per heavy atom. The lowest BCUT2D eigenvalue weighted by Crippen LogP contribution is -2.27. The van der Waals surface area contributed by atoms with Crippen molar-refractivity contribution in [3.63, 3.8) is 0 Å². The van der Waals surface area contributed by atoms with Gasteiger partial charge in [0.2, 0.25) is 21.9 Å². The molecule has 0 aliphatic carbocycles. The molecule has 2 heterocycles. The minimum atomic E-state index is -3.54. The lowest BCUT2D eigenvalue weighted by atomic mass is 9.92. The molecule has 0 saturated carbocycles. The maximum Gasteiger partial charge on any atom is 0.241 e. The molecule has 10 heteroatoms. The lowest BCUT2D eigenvalue weighted by Gasteiger charge is -2.26. The van der Waals surface area contributed by atoms with Crippen LogP contribution in [0.4, 0.5) is 11.9 Å². The van der Waals surface area contributed by atoms with Gasteiger partial charge in [-0.05, 0) is 29.4 Å². The average molecular weight is 464 g/mol. The number of anilines is 2. The average Bonchev–Trinajstić information content (AvgIpc) is 2.64. The maximum absolute atomic E-state index is 11.7. The molecule has 3 N–H and O–H groups in total. The van der Waals surface area contributed by atoms with Crippen LogP contribution in [0.2, 0.25) is 0 Å². The molecule has 0 radical (unpaired) electrons. The van der Waals surface area contributed by atoms with Crippen LogP contribution in [-0.2, 0) is 21.2 Å². The molecule has 3 rings (SSSR count). The second-order valence-electron chi connectivity index (χ2n) is 8.93. The number of aliphatic hydroxyl groups excluding tert-OH is 1. The van der Waals surface area contributed by atoms with Crippen molar-refractivity contribution in [3.05, 3.63) is 41.2 Å². The topological polar surface area (TPSA) is 126 Å². The zero-order valence-corrected chi connectivity index (χ0v) is 19.9. The van der Waals surface area contributed by atoms with Crippen LogP contribution in [0.25, 0.3) is 0 Å². The Morgan fingerprint density at radius 1 is 1.09 bits per heavy atom. The van der Waals surface area contributed by atoms with E-state index >= 15 is 0 Å². The minimum absolute atomic E-state index is 0.0335. The summed E-state index contributed by atoms with van der Waals surface area (Å²) in [7, 11) is -3.54. The van der Waals surface area contributed by atoms with Crippen molar-refractivity contribution in [2.45, 2.75) is 51.5 Å². The van der Waals surface area contributed by atoms with E-state index in [1.807, 2.05) is 0 Å². The molecule has 1 aromatic carbocycles. The molecule has 1 aliphatic rings. The van der Waals surface area contributed by atoms with Gasteiger partial charge in [-0.2, -0.15) is 15.0 Å². The van der Waals surface area contributed by atoms with E-state index in [2.05, 4.69) is 70.0 Å². The first kappa shape index (κ1) is 24.3. The van der Waals surface area contributed by atoms with Gasteiger partial charge in [0.25, 0.3) is 0 Å². The third-order valence-corrected chi connectivity index (χ3v) is 5.93. The van der Waals surface area contributed by atoms with Gasteiger partial charge in [-0.1, -0.05) is 45.0 Å². The number of nitrogens with zero attached hydrogens (tertiary/aromatic N) is 3. The fourth-order valence-corrected chi connectivity index (χ4v) is 4.06. The minimum Gasteiger partial charge on any atom is -0.394 e. The molecule has 0 amide bonds. The van der Waals surface area contributed by atoms with Crippen molar-refractivity contribution in [2.24, 2.45) is 5.92 Å². The van der Waals surface area contributed by atoms with Gasteiger partial charge in [-0.25, -0.2) is 8.42 Å². The first-order valence-electron chi connectivity index (χ1n) is 10.9. The molecule has 2 unspecified atom stereocenters. The van der Waals surface area contributed by atoms with Gasteiger partial charge in [0.05, 0.1) is 32.1 Å². The van der Waals surface area contributed by atoms with Crippen LogP contribution < -0.4 is 10.0 Å². The number of aromatic nitrogens is 3. The normalized spacial score (nSPS) is 16.4. The highest BCUT2D eigenvalue weighted by Crippen LogP contribution is 2.27. The quantitative estimate of drug-likeness (QED) is 0.464. The number of hydrogen-bond acceptors (Lipinski definition) is 8. The summed E-state index contributed by atoms with van der Waals surface area (Å²) >= 11 is 0. The fraction of sp³-hybridized carbons (Fsp3) is 0.591. The molecule has 176 valence electrons. The lowest BCUT2D eigenvalue weighted by molar-refractivity contribution is 0.00841. The van der Waals surface area contributed by atoms with Crippen LogP contribution in [0.5, 0.6) is 0 Å². The van der Waals surface area contributed by atoms with Gasteiger partial charge in [-0.3, -0.25) is 4.72 Å². The molecule has 0 bridgehead atoms. The number of aliphatic hydroxyl groups is 1. The molecular weight excluding hydrogens is 430 g/mol. The Balaban J connectivity index is 1.79. The zero-order valence-electron chi connectivity index (χ0n) is 19.1. The first-order chi connectivity index (χ1) is 15.1. The van der Waals surface area contributed by atoms with E-state index in [4.69, 9.17) is 4.74 Å². The van der Waals surface area contributed by atoms with Crippen LogP contribution in [0.15, 0.2) is 24.3 Å². The number of rotatable bonds is 11. The van der Waals surface area contributed by atoms with E-state index in [9.17, 15) is 13.5 Å². The highest BCUT2D eigenvalue weighted by molar-refractivity contribution is 7.91. The summed E-state index contributed by atoms with van der Waals surface area (Å²) in [4.78, 5) is 13.0. The van der Waals surface area contributed by atoms with Crippen LogP contribution in [0.3, 0.4) is 0 Å². The summed E-state index contributed by atoms with van der Waals surface area (Å²) in [6.45, 7) is 7.67. The summed E-state index contributed by atoms with van der Waals surface area (Å²) < 4.78 is 31.1. The van der Waals surface area contributed by atoms with Crippen molar-refractivity contribution in [1.29, 1.82) is 0 Å². The predicted molar refractivity (Wildman–Crippen MR) is 124 cm³/mol. The van der Waals surface area contributed by atoms with Gasteiger partial charge in [0, 0.05) is 12.3 Å². The van der Waals surface area contributed by atoms with Crippen LogP contribution >= 0.6 is 0 Å². The molecule has 2 atom stereocenters. The van der Waals surface area contributed by atoms with Gasteiger partial charge < -0.3 is 15.2 Å². The van der Waals surface area contributed by atoms with E-state index in [0.29, 0.717) is 24.1 Å². The van der Waals surface area contributed by atoms with E-state index in [1.165, 1.54) is 5.56 Å². The Morgan fingerprint density at radius 3 is 2.28 bits per heavy atom. The molecule has 0 spiro atoms. The Labute approximate surface area is 190 Å². The molecule has 1 aromatic heterocycles. The van der Waals surface area contributed by atoms with Crippen LogP contribution in [0, 0.1) is 5.92 Å². The van der Waals surface area contributed by atoms with Gasteiger partial charge in [0.1, 0.15) is 5.82 Å². The molecular formula is C22H33N5O4S.